The number of carbonyl (C=O) groups excluding carboxylic acids is 1. The maximum absolute atomic E-state index is 11.5. The van der Waals surface area contributed by atoms with Crippen molar-refractivity contribution in [2.75, 3.05) is 20.8 Å². The van der Waals surface area contributed by atoms with Crippen LogP contribution in [0.15, 0.2) is 18.2 Å². The Bertz CT molecular complexity index is 392. The lowest BCUT2D eigenvalue weighted by atomic mass is 10.1. The van der Waals surface area contributed by atoms with Crippen LogP contribution in [0.3, 0.4) is 0 Å². The number of benzene rings is 1. The Kier molecular flexibility index (Phi) is 4.78. The Morgan fingerprint density at radius 1 is 1.53 bits per heavy atom. The van der Waals surface area contributed by atoms with E-state index in [2.05, 4.69) is 10.1 Å². The lowest BCUT2D eigenvalue weighted by Crippen LogP contribution is -2.26. The second-order valence-corrected chi connectivity index (χ2v) is 3.41. The summed E-state index contributed by atoms with van der Waals surface area (Å²) in [6.07, 6.45) is 0. The molecule has 0 radical (unpaired) electrons. The molecule has 0 spiro atoms. The summed E-state index contributed by atoms with van der Waals surface area (Å²) in [4.78, 5) is 11.5. The van der Waals surface area contributed by atoms with E-state index in [9.17, 15) is 9.90 Å². The van der Waals surface area contributed by atoms with Crippen LogP contribution in [0, 0.1) is 0 Å². The van der Waals surface area contributed by atoms with Crippen LogP contribution in [0.4, 0.5) is 0 Å². The molecule has 1 atom stereocenters. The van der Waals surface area contributed by atoms with Crippen LogP contribution < -0.4 is 10.1 Å². The molecule has 0 fully saturated rings. The molecular formula is C12H17NO4. The van der Waals surface area contributed by atoms with Crippen molar-refractivity contribution in [3.63, 3.8) is 0 Å². The van der Waals surface area contributed by atoms with Gasteiger partial charge in [-0.25, -0.2) is 4.79 Å². The second kappa shape index (κ2) is 6.10. The number of rotatable bonds is 5. The lowest BCUT2D eigenvalue weighted by molar-refractivity contribution is -0.143. The normalized spacial score (nSPS) is 11.9. The van der Waals surface area contributed by atoms with Crippen molar-refractivity contribution in [1.82, 2.24) is 5.32 Å². The van der Waals surface area contributed by atoms with Gasteiger partial charge in [0.1, 0.15) is 6.04 Å². The predicted molar refractivity (Wildman–Crippen MR) is 63.1 cm³/mol. The number of carbonyl (C=O) groups is 1. The van der Waals surface area contributed by atoms with Crippen molar-refractivity contribution in [3.8, 4) is 11.5 Å². The fourth-order valence-electron chi connectivity index (χ4n) is 1.52. The van der Waals surface area contributed by atoms with Crippen molar-refractivity contribution < 1.29 is 19.4 Å². The van der Waals surface area contributed by atoms with Gasteiger partial charge in [0, 0.05) is 0 Å². The molecule has 1 aromatic carbocycles. The number of phenolic OH excluding ortho intramolecular Hbond substituents is 1. The Morgan fingerprint density at radius 2 is 2.24 bits per heavy atom. The molecule has 0 aromatic heterocycles. The number of nitrogens with one attached hydrogen (secondary N) is 1. The third kappa shape index (κ3) is 3.10. The molecule has 1 aromatic rings. The summed E-state index contributed by atoms with van der Waals surface area (Å²) >= 11 is 0. The van der Waals surface area contributed by atoms with Gasteiger partial charge >= 0.3 is 5.97 Å². The van der Waals surface area contributed by atoms with Crippen molar-refractivity contribution in [2.24, 2.45) is 0 Å². The molecule has 0 saturated carbocycles. The number of methoxy groups -OCH3 is 1. The molecule has 5 nitrogen and oxygen atoms in total. The van der Waals surface area contributed by atoms with Gasteiger partial charge in [0.05, 0.1) is 13.7 Å². The smallest absolute Gasteiger partial charge is 0.327 e. The third-order valence-electron chi connectivity index (χ3n) is 2.34. The maximum Gasteiger partial charge on any atom is 0.327 e. The summed E-state index contributed by atoms with van der Waals surface area (Å²) < 4.78 is 9.94. The molecular weight excluding hydrogens is 222 g/mol. The molecule has 0 saturated heterocycles. The molecule has 0 aliphatic rings. The van der Waals surface area contributed by atoms with Gasteiger partial charge in [-0.2, -0.15) is 0 Å². The average Bonchev–Trinajstić information content (AvgIpc) is 2.34. The highest BCUT2D eigenvalue weighted by Crippen LogP contribution is 2.29. The van der Waals surface area contributed by atoms with Crippen LogP contribution in [0.5, 0.6) is 11.5 Å². The minimum atomic E-state index is -0.570. The second-order valence-electron chi connectivity index (χ2n) is 3.41. The van der Waals surface area contributed by atoms with Gasteiger partial charge in [-0.1, -0.05) is 6.07 Å². The van der Waals surface area contributed by atoms with E-state index in [0.29, 0.717) is 17.9 Å². The summed E-state index contributed by atoms with van der Waals surface area (Å²) in [6, 6.07) is 4.19. The highest BCUT2D eigenvalue weighted by atomic mass is 16.5. The molecule has 2 N–H and O–H groups in total. The summed E-state index contributed by atoms with van der Waals surface area (Å²) in [5.41, 5.74) is 0.681. The van der Waals surface area contributed by atoms with Crippen LogP contribution in [0.1, 0.15) is 18.5 Å². The fourth-order valence-corrected chi connectivity index (χ4v) is 1.52. The van der Waals surface area contributed by atoms with Gasteiger partial charge in [0.2, 0.25) is 0 Å². The summed E-state index contributed by atoms with van der Waals surface area (Å²) in [5, 5.41) is 12.4. The number of esters is 1. The zero-order valence-corrected chi connectivity index (χ0v) is 10.2. The molecule has 1 unspecified atom stereocenters. The highest BCUT2D eigenvalue weighted by Gasteiger charge is 2.20. The van der Waals surface area contributed by atoms with E-state index in [4.69, 9.17) is 4.74 Å². The Labute approximate surface area is 100 Å². The van der Waals surface area contributed by atoms with E-state index in [1.807, 2.05) is 6.92 Å². The van der Waals surface area contributed by atoms with Gasteiger partial charge < -0.3 is 19.9 Å². The standard InChI is InChI=1S/C12H17NO4/c1-4-17-10-7-8(5-6-9(10)14)11(13-2)12(15)16-3/h5-7,11,13-14H,4H2,1-3H3. The van der Waals surface area contributed by atoms with E-state index < -0.39 is 6.04 Å². The summed E-state index contributed by atoms with van der Waals surface area (Å²) in [6.45, 7) is 2.27. The van der Waals surface area contributed by atoms with Crippen molar-refractivity contribution in [1.29, 1.82) is 0 Å². The number of hydrogen-bond donors (Lipinski definition) is 2. The molecule has 1 rings (SSSR count). The Balaban J connectivity index is 3.04. The predicted octanol–water partition coefficient (Wildman–Crippen LogP) is 1.22. The minimum Gasteiger partial charge on any atom is -0.504 e. The van der Waals surface area contributed by atoms with E-state index in [0.717, 1.165) is 0 Å². The van der Waals surface area contributed by atoms with Crippen LogP contribution in [0.25, 0.3) is 0 Å². The first-order chi connectivity index (χ1) is 8.13. The molecule has 0 bridgehead atoms. The first-order valence-electron chi connectivity index (χ1n) is 5.34. The van der Waals surface area contributed by atoms with E-state index in [1.54, 1.807) is 19.2 Å². The minimum absolute atomic E-state index is 0.0512. The Morgan fingerprint density at radius 3 is 2.76 bits per heavy atom. The molecule has 0 heterocycles. The molecule has 0 aliphatic carbocycles. The van der Waals surface area contributed by atoms with E-state index in [-0.39, 0.29) is 11.7 Å². The molecule has 0 amide bonds. The van der Waals surface area contributed by atoms with Crippen LogP contribution in [-0.4, -0.2) is 31.8 Å². The zero-order chi connectivity index (χ0) is 12.8. The number of ether oxygens (including phenoxy) is 2. The molecule has 0 aliphatic heterocycles. The number of hydrogen-bond acceptors (Lipinski definition) is 5. The van der Waals surface area contributed by atoms with Gasteiger partial charge in [0.15, 0.2) is 11.5 Å². The monoisotopic (exact) mass is 239 g/mol. The van der Waals surface area contributed by atoms with Gasteiger partial charge in [0.25, 0.3) is 0 Å². The summed E-state index contributed by atoms with van der Waals surface area (Å²) in [7, 11) is 2.99. The van der Waals surface area contributed by atoms with Crippen molar-refractivity contribution >= 4 is 5.97 Å². The van der Waals surface area contributed by atoms with E-state index in [1.165, 1.54) is 13.2 Å². The van der Waals surface area contributed by atoms with Gasteiger partial charge in [-0.15, -0.1) is 0 Å². The molecule has 94 valence electrons. The SMILES string of the molecule is CCOc1cc(C(NC)C(=O)OC)ccc1O. The first kappa shape index (κ1) is 13.3. The van der Waals surface area contributed by atoms with Crippen molar-refractivity contribution in [2.45, 2.75) is 13.0 Å². The lowest BCUT2D eigenvalue weighted by Gasteiger charge is -2.15. The Hall–Kier alpha value is -1.75. The molecule has 5 heteroatoms. The fraction of sp³-hybridized carbons (Fsp3) is 0.417. The topological polar surface area (TPSA) is 67.8 Å². The summed E-state index contributed by atoms with van der Waals surface area (Å²) in [5.74, 6) is 0.0186. The van der Waals surface area contributed by atoms with Crippen LogP contribution >= 0.6 is 0 Å². The van der Waals surface area contributed by atoms with Gasteiger partial charge in [-0.3, -0.25) is 0 Å². The van der Waals surface area contributed by atoms with Crippen LogP contribution in [0.2, 0.25) is 0 Å². The zero-order valence-electron chi connectivity index (χ0n) is 10.2. The number of aromatic hydroxyl groups is 1. The van der Waals surface area contributed by atoms with Gasteiger partial charge in [-0.05, 0) is 31.7 Å². The average molecular weight is 239 g/mol. The van der Waals surface area contributed by atoms with E-state index >= 15 is 0 Å². The van der Waals surface area contributed by atoms with Crippen molar-refractivity contribution in [3.05, 3.63) is 23.8 Å². The van der Waals surface area contributed by atoms with Crippen LogP contribution in [-0.2, 0) is 9.53 Å². The maximum atomic E-state index is 11.5. The first-order valence-corrected chi connectivity index (χ1v) is 5.34. The number of phenols is 1. The third-order valence-corrected chi connectivity index (χ3v) is 2.34. The largest absolute Gasteiger partial charge is 0.504 e. The quantitative estimate of drug-likeness (QED) is 0.756. The number of likely N-dealkylation sites (N-methyl/N-ethyl adjacent to an activating group) is 1. The highest BCUT2D eigenvalue weighted by molar-refractivity contribution is 5.77. The molecule has 17 heavy (non-hydrogen) atoms.